The van der Waals surface area contributed by atoms with E-state index in [1.165, 1.54) is 16.2 Å². The maximum atomic E-state index is 13.9. The van der Waals surface area contributed by atoms with Crippen LogP contribution in [0.4, 0.5) is 18.0 Å². The van der Waals surface area contributed by atoms with Gasteiger partial charge in [-0.2, -0.15) is 13.2 Å². The Bertz CT molecular complexity index is 1320. The highest BCUT2D eigenvalue weighted by atomic mass is 19.4. The summed E-state index contributed by atoms with van der Waals surface area (Å²) in [4.78, 5) is 89.7. The summed E-state index contributed by atoms with van der Waals surface area (Å²) in [5.74, 6) is -4.94. The van der Waals surface area contributed by atoms with E-state index < -0.39 is 84.8 Å². The highest BCUT2D eigenvalue weighted by Crippen LogP contribution is 2.30. The minimum Gasteiger partial charge on any atom is -0.444 e. The highest BCUT2D eigenvalue weighted by Gasteiger charge is 2.43. The third kappa shape index (κ3) is 28.7. The van der Waals surface area contributed by atoms with Gasteiger partial charge in [-0.1, -0.05) is 84.8 Å². The van der Waals surface area contributed by atoms with Gasteiger partial charge in [0.05, 0.1) is 12.6 Å². The van der Waals surface area contributed by atoms with E-state index in [2.05, 4.69) is 54.9 Å². The fourth-order valence-corrected chi connectivity index (χ4v) is 5.65. The van der Waals surface area contributed by atoms with Gasteiger partial charge in [0.1, 0.15) is 17.7 Å². The van der Waals surface area contributed by atoms with Gasteiger partial charge in [0.25, 0.3) is 5.91 Å². The van der Waals surface area contributed by atoms with Gasteiger partial charge in [-0.15, -0.1) is 6.58 Å². The summed E-state index contributed by atoms with van der Waals surface area (Å²) >= 11 is 0. The molecule has 0 aromatic heterocycles. The molecule has 17 heteroatoms. The van der Waals surface area contributed by atoms with Gasteiger partial charge < -0.3 is 35.8 Å². The van der Waals surface area contributed by atoms with E-state index in [9.17, 15) is 46.7 Å². The van der Waals surface area contributed by atoms with E-state index in [1.807, 2.05) is 13.8 Å². The number of rotatable bonds is 16. The Kier molecular flexibility index (Phi) is 32.9. The zero-order valence-corrected chi connectivity index (χ0v) is 37.8. The molecule has 4 N–H and O–H groups in total. The zero-order chi connectivity index (χ0) is 47.1. The van der Waals surface area contributed by atoms with Crippen molar-refractivity contribution in [3.63, 3.8) is 0 Å². The van der Waals surface area contributed by atoms with Gasteiger partial charge in [-0.25, -0.2) is 4.79 Å². The van der Waals surface area contributed by atoms with Gasteiger partial charge >= 0.3 is 12.3 Å². The van der Waals surface area contributed by atoms with Crippen molar-refractivity contribution in [3.8, 4) is 0 Å². The summed E-state index contributed by atoms with van der Waals surface area (Å²) in [6.45, 7) is 24.8. The lowest BCUT2D eigenvalue weighted by atomic mass is 9.83. The molecule has 0 bridgehead atoms. The van der Waals surface area contributed by atoms with Gasteiger partial charge in [-0.3, -0.25) is 28.8 Å². The lowest BCUT2D eigenvalue weighted by Crippen LogP contribution is -2.58. The molecule has 4 atom stereocenters. The molecule has 1 heterocycles. The standard InChI is InChI=1S/C31H48F3N5O7.C4H6.C3H7NO.C3H8.C2H6/c1-6-11-19(2)36-23(40)18-35-27(43)25(41)21(15-16-31(32,33)34)37-26(42)22-14-10-17-39(22)28(44)24(20-12-8-7-9-13-20)38-29(45)46-30(3,4)5;1-3-4-2;1-4(2)3-5;1-3-2;1-2/h6,19-22,24H,1,7-18H2,2-5H3,(H,35,43)(H,36,40)(H,37,42)(H,38,45);3-4H,1-2H2;3H,1-2H3;3H2,1-2H3;1-2H3. The van der Waals surface area contributed by atoms with Crippen LogP contribution in [0.5, 0.6) is 0 Å². The minimum atomic E-state index is -4.68. The van der Waals surface area contributed by atoms with E-state index >= 15 is 0 Å². The number of halogens is 3. The number of nitrogens with one attached hydrogen (secondary N) is 4. The Labute approximate surface area is 356 Å². The van der Waals surface area contributed by atoms with Gasteiger partial charge in [-0.05, 0) is 72.1 Å². The van der Waals surface area contributed by atoms with Crippen LogP contribution in [0, 0.1) is 5.92 Å². The van der Waals surface area contributed by atoms with Crippen LogP contribution in [0.1, 0.15) is 126 Å². The molecule has 346 valence electrons. The number of carbonyl (C=O) groups excluding carboxylic acids is 7. The van der Waals surface area contributed by atoms with Crippen LogP contribution >= 0.6 is 0 Å². The van der Waals surface area contributed by atoms with Gasteiger partial charge in [0.15, 0.2) is 0 Å². The molecular formula is C43H75F3N6O8. The van der Waals surface area contributed by atoms with Crippen molar-refractivity contribution >= 4 is 41.9 Å². The molecule has 1 aliphatic heterocycles. The third-order valence-electron chi connectivity index (χ3n) is 8.19. The Hall–Kier alpha value is -4.70. The number of Topliss-reactive ketones (excluding diaryl/α,β-unsaturated/α-hetero) is 1. The van der Waals surface area contributed by atoms with Crippen LogP contribution in [0.2, 0.25) is 0 Å². The minimum absolute atomic E-state index is 0.150. The predicted octanol–water partition coefficient (Wildman–Crippen LogP) is 6.55. The molecule has 0 radical (unpaired) electrons. The summed E-state index contributed by atoms with van der Waals surface area (Å²) in [6, 6.07) is -4.29. The molecule has 1 aliphatic carbocycles. The van der Waals surface area contributed by atoms with Crippen molar-refractivity contribution in [1.82, 2.24) is 31.1 Å². The largest absolute Gasteiger partial charge is 0.444 e. The van der Waals surface area contributed by atoms with Crippen molar-refractivity contribution in [2.75, 3.05) is 27.2 Å². The quantitative estimate of drug-likeness (QED) is 0.0583. The topological polar surface area (TPSA) is 183 Å². The van der Waals surface area contributed by atoms with E-state index in [4.69, 9.17) is 4.74 Å². The van der Waals surface area contributed by atoms with Gasteiger partial charge in [0.2, 0.25) is 29.9 Å². The number of hydrogen-bond acceptors (Lipinski definition) is 8. The number of carbonyl (C=O) groups is 7. The fourth-order valence-electron chi connectivity index (χ4n) is 5.65. The molecule has 0 aromatic rings. The fraction of sp³-hybridized carbons (Fsp3) is 0.698. The van der Waals surface area contributed by atoms with Crippen LogP contribution in [-0.2, 0) is 33.5 Å². The van der Waals surface area contributed by atoms with Crippen molar-refractivity contribution in [1.29, 1.82) is 0 Å². The van der Waals surface area contributed by atoms with Crippen LogP contribution in [0.25, 0.3) is 0 Å². The molecule has 2 aliphatic rings. The first kappa shape index (κ1) is 59.6. The number of ether oxygens (including phenoxy) is 1. The summed E-state index contributed by atoms with van der Waals surface area (Å²) in [7, 11) is 3.38. The molecule has 60 heavy (non-hydrogen) atoms. The van der Waals surface area contributed by atoms with Crippen LogP contribution in [-0.4, -0.2) is 115 Å². The summed E-state index contributed by atoms with van der Waals surface area (Å²) in [5.41, 5.74) is -0.821. The number of hydrogen-bond donors (Lipinski definition) is 4. The molecule has 6 amide bonds. The third-order valence-corrected chi connectivity index (χ3v) is 8.19. The molecule has 4 unspecified atom stereocenters. The molecule has 1 saturated heterocycles. The average molecular weight is 861 g/mol. The SMILES string of the molecule is C=CC=C.C=CCC(C)NC(=O)CNC(=O)C(=O)C(CCC(F)(F)F)NC(=O)C1CCCN1C(=O)C(NC(=O)OC(C)(C)C)C1CCCCC1.CC.CCC.CN(C)C=O. The van der Waals surface area contributed by atoms with Crippen molar-refractivity contribution < 1.29 is 51.5 Å². The summed E-state index contributed by atoms with van der Waals surface area (Å²) < 4.78 is 44.7. The first-order valence-corrected chi connectivity index (χ1v) is 20.8. The van der Waals surface area contributed by atoms with E-state index in [-0.39, 0.29) is 24.9 Å². The maximum Gasteiger partial charge on any atom is 0.408 e. The van der Waals surface area contributed by atoms with E-state index in [1.54, 1.807) is 60.0 Å². The van der Waals surface area contributed by atoms with Gasteiger partial charge in [0, 0.05) is 33.1 Å². The molecule has 14 nitrogen and oxygen atoms in total. The number of nitrogens with zero attached hydrogens (tertiary/aromatic N) is 2. The van der Waals surface area contributed by atoms with E-state index in [0.717, 1.165) is 25.7 Å². The van der Waals surface area contributed by atoms with Crippen molar-refractivity contribution in [2.24, 2.45) is 5.92 Å². The first-order chi connectivity index (χ1) is 28.0. The van der Waals surface area contributed by atoms with E-state index in [0.29, 0.717) is 25.7 Å². The molecule has 0 spiro atoms. The number of ketones is 1. The first-order valence-electron chi connectivity index (χ1n) is 20.8. The van der Waals surface area contributed by atoms with Crippen molar-refractivity contribution in [2.45, 2.75) is 162 Å². The highest BCUT2D eigenvalue weighted by molar-refractivity contribution is 6.38. The predicted molar refractivity (Wildman–Crippen MR) is 230 cm³/mol. The van der Waals surface area contributed by atoms with Crippen LogP contribution in [0.15, 0.2) is 38.0 Å². The molecule has 1 saturated carbocycles. The molecule has 0 aromatic carbocycles. The number of allylic oxidation sites excluding steroid dienone is 2. The van der Waals surface area contributed by atoms with Crippen LogP contribution in [0.3, 0.4) is 0 Å². The Morgan fingerprint density at radius 1 is 0.883 bits per heavy atom. The number of likely N-dealkylation sites (tertiary alicyclic amines) is 1. The average Bonchev–Trinajstić information content (AvgIpc) is 3.68. The second-order valence-corrected chi connectivity index (χ2v) is 15.2. The Balaban J connectivity index is -0.00000202. The summed E-state index contributed by atoms with van der Waals surface area (Å²) in [6.07, 6.45) is 4.05. The summed E-state index contributed by atoms with van der Waals surface area (Å²) in [5, 5.41) is 9.59. The lowest BCUT2D eigenvalue weighted by Gasteiger charge is -2.35. The Morgan fingerprint density at radius 3 is 1.87 bits per heavy atom. The molecule has 2 rings (SSSR count). The second kappa shape index (κ2) is 33.1. The maximum absolute atomic E-state index is 13.9. The molecule has 2 fully saturated rings. The smallest absolute Gasteiger partial charge is 0.408 e. The number of alkyl carbamates (subject to hydrolysis) is 1. The second-order valence-electron chi connectivity index (χ2n) is 15.2. The monoisotopic (exact) mass is 861 g/mol. The zero-order valence-electron chi connectivity index (χ0n) is 37.8. The Morgan fingerprint density at radius 2 is 1.42 bits per heavy atom. The van der Waals surface area contributed by atoms with Crippen molar-refractivity contribution in [3.05, 3.63) is 38.0 Å². The number of amides is 6. The number of alkyl halides is 3. The lowest BCUT2D eigenvalue weighted by molar-refractivity contribution is -0.147. The van der Waals surface area contributed by atoms with Crippen LogP contribution < -0.4 is 21.3 Å². The molecular weight excluding hydrogens is 786 g/mol. The normalized spacial score (nSPS) is 16.1.